The third kappa shape index (κ3) is 1.91. The van der Waals surface area contributed by atoms with Crippen LogP contribution < -0.4 is 0 Å². The molecule has 0 spiro atoms. The van der Waals surface area contributed by atoms with Gasteiger partial charge in [0.15, 0.2) is 0 Å². The molecule has 0 aromatic carbocycles. The summed E-state index contributed by atoms with van der Waals surface area (Å²) in [5.74, 6) is -0.682. The third-order valence-corrected chi connectivity index (χ3v) is 2.66. The smallest absolute Gasteiger partial charge is 0.270 e. The van der Waals surface area contributed by atoms with Gasteiger partial charge >= 0.3 is 0 Å². The van der Waals surface area contributed by atoms with Crippen molar-refractivity contribution in [1.29, 1.82) is 0 Å². The van der Waals surface area contributed by atoms with Crippen LogP contribution in [0.15, 0.2) is 12.0 Å². The van der Waals surface area contributed by atoms with Gasteiger partial charge in [0.25, 0.3) is 5.95 Å². The number of aliphatic hydroxyl groups excluding tert-OH is 2. The first-order valence-corrected chi connectivity index (χ1v) is 4.33. The summed E-state index contributed by atoms with van der Waals surface area (Å²) in [5, 5.41) is 27.0. The fraction of sp³-hybridized carbons (Fsp3) is 0.778. The van der Waals surface area contributed by atoms with Crippen molar-refractivity contribution in [2.24, 2.45) is 5.41 Å². The number of hydrogen-bond acceptors (Lipinski definition) is 3. The molecule has 0 heterocycles. The molecule has 1 aliphatic carbocycles. The molecule has 0 saturated heterocycles. The summed E-state index contributed by atoms with van der Waals surface area (Å²) in [7, 11) is 0. The Labute approximate surface area is 72.3 Å². The van der Waals surface area contributed by atoms with Gasteiger partial charge in [-0.25, -0.2) is 0 Å². The first kappa shape index (κ1) is 9.39. The minimum absolute atomic E-state index is 0.444. The van der Waals surface area contributed by atoms with Gasteiger partial charge in [-0.1, -0.05) is 19.8 Å². The van der Waals surface area contributed by atoms with Gasteiger partial charge < -0.3 is 15.3 Å². The first-order valence-electron chi connectivity index (χ1n) is 4.33. The average molecular weight is 172 g/mol. The quantitative estimate of drug-likeness (QED) is 0.529. The van der Waals surface area contributed by atoms with Crippen molar-refractivity contribution >= 4 is 0 Å². The van der Waals surface area contributed by atoms with E-state index in [2.05, 4.69) is 0 Å². The van der Waals surface area contributed by atoms with Crippen molar-refractivity contribution in [3.05, 3.63) is 12.0 Å². The molecule has 2 atom stereocenters. The van der Waals surface area contributed by atoms with Crippen LogP contribution in [0.25, 0.3) is 0 Å². The average Bonchev–Trinajstić information content (AvgIpc) is 1.94. The Hall–Kier alpha value is -0.700. The number of hydrogen-bond donors (Lipinski definition) is 3. The van der Waals surface area contributed by atoms with E-state index in [1.165, 1.54) is 6.08 Å². The van der Waals surface area contributed by atoms with Gasteiger partial charge in [-0.2, -0.15) is 0 Å². The van der Waals surface area contributed by atoms with Crippen molar-refractivity contribution in [3.63, 3.8) is 0 Å². The highest BCUT2D eigenvalue weighted by Crippen LogP contribution is 2.37. The maximum Gasteiger partial charge on any atom is 0.270 e. The first-order chi connectivity index (χ1) is 5.54. The summed E-state index contributed by atoms with van der Waals surface area (Å²) in [5.41, 5.74) is -0.447. The molecule has 0 amide bonds. The minimum atomic E-state index is -0.682. The van der Waals surface area contributed by atoms with Gasteiger partial charge in [0.2, 0.25) is 0 Å². The SMILES string of the molecule is C[C@@]1(C=C(O)O)CCCCC1O. The zero-order valence-corrected chi connectivity index (χ0v) is 7.32. The molecule has 0 bridgehead atoms. The van der Waals surface area contributed by atoms with Crippen molar-refractivity contribution in [3.8, 4) is 0 Å². The summed E-state index contributed by atoms with van der Waals surface area (Å²) >= 11 is 0. The molecule has 0 aromatic heterocycles. The van der Waals surface area contributed by atoms with Crippen molar-refractivity contribution in [2.75, 3.05) is 0 Å². The van der Waals surface area contributed by atoms with Gasteiger partial charge in [-0.15, -0.1) is 0 Å². The van der Waals surface area contributed by atoms with Crippen LogP contribution in [0.1, 0.15) is 32.6 Å². The number of aliphatic hydroxyl groups is 3. The zero-order chi connectivity index (χ0) is 9.19. The molecular weight excluding hydrogens is 156 g/mol. The molecule has 0 radical (unpaired) electrons. The molecule has 1 fully saturated rings. The van der Waals surface area contributed by atoms with E-state index in [1.54, 1.807) is 0 Å². The van der Waals surface area contributed by atoms with Gasteiger partial charge in [0, 0.05) is 11.5 Å². The van der Waals surface area contributed by atoms with Gasteiger partial charge in [0.1, 0.15) is 0 Å². The second-order valence-electron chi connectivity index (χ2n) is 3.77. The monoisotopic (exact) mass is 172 g/mol. The van der Waals surface area contributed by atoms with Gasteiger partial charge in [0.05, 0.1) is 6.10 Å². The van der Waals surface area contributed by atoms with E-state index in [-0.39, 0.29) is 0 Å². The maximum absolute atomic E-state index is 9.61. The van der Waals surface area contributed by atoms with Crippen molar-refractivity contribution in [1.82, 2.24) is 0 Å². The third-order valence-electron chi connectivity index (χ3n) is 2.66. The van der Waals surface area contributed by atoms with Gasteiger partial charge in [-0.05, 0) is 12.8 Å². The lowest BCUT2D eigenvalue weighted by atomic mass is 9.73. The Morgan fingerprint density at radius 3 is 2.58 bits per heavy atom. The molecule has 12 heavy (non-hydrogen) atoms. The van der Waals surface area contributed by atoms with Crippen LogP contribution in [0.5, 0.6) is 0 Å². The largest absolute Gasteiger partial charge is 0.481 e. The van der Waals surface area contributed by atoms with E-state index in [1.807, 2.05) is 6.92 Å². The van der Waals surface area contributed by atoms with Crippen LogP contribution in [0.4, 0.5) is 0 Å². The predicted molar refractivity (Wildman–Crippen MR) is 45.9 cm³/mol. The van der Waals surface area contributed by atoms with E-state index in [9.17, 15) is 5.11 Å². The lowest BCUT2D eigenvalue weighted by molar-refractivity contribution is 0.0263. The lowest BCUT2D eigenvalue weighted by Crippen LogP contribution is -2.34. The predicted octanol–water partition coefficient (Wildman–Crippen LogP) is 1.89. The molecule has 0 aliphatic heterocycles. The second kappa shape index (κ2) is 3.35. The van der Waals surface area contributed by atoms with E-state index < -0.39 is 17.5 Å². The Balaban J connectivity index is 2.72. The molecule has 70 valence electrons. The highest BCUT2D eigenvalue weighted by atomic mass is 16.5. The van der Waals surface area contributed by atoms with Crippen LogP contribution in [0.2, 0.25) is 0 Å². The van der Waals surface area contributed by atoms with Crippen LogP contribution in [-0.4, -0.2) is 21.4 Å². The summed E-state index contributed by atoms with van der Waals surface area (Å²) in [6.45, 7) is 1.85. The van der Waals surface area contributed by atoms with Crippen LogP contribution in [0.3, 0.4) is 0 Å². The molecule has 0 aromatic rings. The van der Waals surface area contributed by atoms with Gasteiger partial charge in [-0.3, -0.25) is 0 Å². The molecular formula is C9H16O3. The molecule has 1 saturated carbocycles. The van der Waals surface area contributed by atoms with Crippen LogP contribution in [0, 0.1) is 5.41 Å². The Morgan fingerprint density at radius 1 is 1.42 bits per heavy atom. The summed E-state index contributed by atoms with van der Waals surface area (Å²) < 4.78 is 0. The molecule has 3 N–H and O–H groups in total. The summed E-state index contributed by atoms with van der Waals surface area (Å²) in [6.07, 6.45) is 4.53. The Kier molecular flexibility index (Phi) is 2.62. The Bertz CT molecular complexity index is 184. The molecule has 1 rings (SSSR count). The van der Waals surface area contributed by atoms with Crippen LogP contribution >= 0.6 is 0 Å². The van der Waals surface area contributed by atoms with E-state index in [0.717, 1.165) is 25.7 Å². The summed E-state index contributed by atoms with van der Waals surface area (Å²) in [4.78, 5) is 0. The molecule has 3 heteroatoms. The highest BCUT2D eigenvalue weighted by molar-refractivity contribution is 5.02. The number of rotatable bonds is 1. The van der Waals surface area contributed by atoms with Crippen LogP contribution in [-0.2, 0) is 0 Å². The molecule has 3 nitrogen and oxygen atoms in total. The standard InChI is InChI=1S/C9H16O3/c1-9(6-8(11)12)5-3-2-4-7(9)10/h6-7,10-12H,2-5H2,1H3/t7?,9-/m0/s1. The minimum Gasteiger partial charge on any atom is -0.481 e. The molecule has 1 unspecified atom stereocenters. The Morgan fingerprint density at radius 2 is 2.08 bits per heavy atom. The lowest BCUT2D eigenvalue weighted by Gasteiger charge is -2.35. The topological polar surface area (TPSA) is 60.7 Å². The van der Waals surface area contributed by atoms with E-state index >= 15 is 0 Å². The second-order valence-corrected chi connectivity index (χ2v) is 3.77. The fourth-order valence-corrected chi connectivity index (χ4v) is 1.80. The van der Waals surface area contributed by atoms with Crippen molar-refractivity contribution in [2.45, 2.75) is 38.7 Å². The van der Waals surface area contributed by atoms with E-state index in [0.29, 0.717) is 0 Å². The molecule has 1 aliphatic rings. The zero-order valence-electron chi connectivity index (χ0n) is 7.32. The van der Waals surface area contributed by atoms with E-state index in [4.69, 9.17) is 10.2 Å². The fourth-order valence-electron chi connectivity index (χ4n) is 1.80. The maximum atomic E-state index is 9.61. The summed E-state index contributed by atoms with van der Waals surface area (Å²) in [6, 6.07) is 0. The normalized spacial score (nSPS) is 36.0. The highest BCUT2D eigenvalue weighted by Gasteiger charge is 2.34. The van der Waals surface area contributed by atoms with Crippen molar-refractivity contribution < 1.29 is 15.3 Å².